The summed E-state index contributed by atoms with van der Waals surface area (Å²) < 4.78 is 1.78. The van der Waals surface area contributed by atoms with Crippen molar-refractivity contribution in [2.45, 2.75) is 58.8 Å². The molecule has 0 aromatic carbocycles. The third-order valence-corrected chi connectivity index (χ3v) is 2.86. The summed E-state index contributed by atoms with van der Waals surface area (Å²) in [5.41, 5.74) is 1.13. The molecule has 0 radical (unpaired) electrons. The highest BCUT2D eigenvalue weighted by molar-refractivity contribution is 4.91. The monoisotopic (exact) mass is 223 g/mol. The molecule has 3 nitrogen and oxygen atoms in total. The molecule has 0 saturated carbocycles. The van der Waals surface area contributed by atoms with Crippen molar-refractivity contribution in [3.05, 3.63) is 11.9 Å². The minimum atomic E-state index is 0.861. The number of nitrogens with zero attached hydrogens (tertiary/aromatic N) is 3. The van der Waals surface area contributed by atoms with Crippen molar-refractivity contribution in [2.75, 3.05) is 0 Å². The molecule has 0 aliphatic carbocycles. The fraction of sp³-hybridized carbons (Fsp3) is 0.846. The molecule has 0 fully saturated rings. The Labute approximate surface area is 99.2 Å². The van der Waals surface area contributed by atoms with E-state index in [9.17, 15) is 0 Å². The molecule has 1 rings (SSSR count). The van der Waals surface area contributed by atoms with Crippen molar-refractivity contribution in [1.29, 1.82) is 0 Å². The van der Waals surface area contributed by atoms with Gasteiger partial charge in [-0.3, -0.25) is 4.68 Å². The molecule has 0 unspecified atom stereocenters. The molecule has 16 heavy (non-hydrogen) atoms. The SMILES string of the molecule is CC(C)CCCCCCCc1cn(C)nn1. The summed E-state index contributed by atoms with van der Waals surface area (Å²) in [5, 5.41) is 8.02. The largest absolute Gasteiger partial charge is 0.255 e. The normalized spacial score (nSPS) is 11.2. The maximum atomic E-state index is 4.09. The Kier molecular flexibility index (Phi) is 6.12. The van der Waals surface area contributed by atoms with E-state index in [0.29, 0.717) is 0 Å². The van der Waals surface area contributed by atoms with Gasteiger partial charge >= 0.3 is 0 Å². The van der Waals surface area contributed by atoms with Gasteiger partial charge in [-0.25, -0.2) is 0 Å². The number of aromatic nitrogens is 3. The van der Waals surface area contributed by atoms with Gasteiger partial charge in [-0.05, 0) is 18.8 Å². The van der Waals surface area contributed by atoms with Gasteiger partial charge in [0, 0.05) is 13.2 Å². The Bertz CT molecular complexity index is 278. The van der Waals surface area contributed by atoms with E-state index in [-0.39, 0.29) is 0 Å². The number of unbranched alkanes of at least 4 members (excludes halogenated alkanes) is 4. The highest BCUT2D eigenvalue weighted by atomic mass is 15.4. The third kappa shape index (κ3) is 5.89. The van der Waals surface area contributed by atoms with Gasteiger partial charge in [0.15, 0.2) is 0 Å². The van der Waals surface area contributed by atoms with E-state index in [1.165, 1.54) is 38.5 Å². The summed E-state index contributed by atoms with van der Waals surface area (Å²) in [7, 11) is 1.92. The van der Waals surface area contributed by atoms with Gasteiger partial charge in [-0.2, -0.15) is 0 Å². The molecule has 0 aliphatic heterocycles. The maximum Gasteiger partial charge on any atom is 0.0827 e. The van der Waals surface area contributed by atoms with Crippen molar-refractivity contribution in [1.82, 2.24) is 15.0 Å². The molecule has 92 valence electrons. The zero-order valence-corrected chi connectivity index (χ0v) is 10.9. The molecule has 1 heterocycles. The second-order valence-corrected chi connectivity index (χ2v) is 5.08. The molecule has 1 aromatic heterocycles. The van der Waals surface area contributed by atoms with E-state index in [2.05, 4.69) is 24.2 Å². The van der Waals surface area contributed by atoms with Crippen LogP contribution in [0.4, 0.5) is 0 Å². The van der Waals surface area contributed by atoms with E-state index < -0.39 is 0 Å². The van der Waals surface area contributed by atoms with Gasteiger partial charge in [0.1, 0.15) is 0 Å². The standard InChI is InChI=1S/C13H25N3/c1-12(2)9-7-5-4-6-8-10-13-11-16(3)15-14-13/h11-12H,4-10H2,1-3H3. The Morgan fingerprint density at radius 2 is 1.81 bits per heavy atom. The molecule has 0 amide bonds. The highest BCUT2D eigenvalue weighted by Gasteiger charge is 1.98. The lowest BCUT2D eigenvalue weighted by molar-refractivity contribution is 0.514. The fourth-order valence-corrected chi connectivity index (χ4v) is 1.90. The van der Waals surface area contributed by atoms with Gasteiger partial charge in [0.25, 0.3) is 0 Å². The van der Waals surface area contributed by atoms with E-state index in [4.69, 9.17) is 0 Å². The zero-order valence-electron chi connectivity index (χ0n) is 10.9. The average Bonchev–Trinajstić information content (AvgIpc) is 2.62. The number of hydrogen-bond acceptors (Lipinski definition) is 2. The van der Waals surface area contributed by atoms with Crippen molar-refractivity contribution in [3.63, 3.8) is 0 Å². The smallest absolute Gasteiger partial charge is 0.0827 e. The van der Waals surface area contributed by atoms with E-state index in [1.54, 1.807) is 4.68 Å². The van der Waals surface area contributed by atoms with Gasteiger partial charge in [0.05, 0.1) is 5.69 Å². The minimum Gasteiger partial charge on any atom is -0.255 e. The van der Waals surface area contributed by atoms with Gasteiger partial charge < -0.3 is 0 Å². The highest BCUT2D eigenvalue weighted by Crippen LogP contribution is 2.11. The lowest BCUT2D eigenvalue weighted by Gasteiger charge is -2.03. The molecular weight excluding hydrogens is 198 g/mol. The average molecular weight is 223 g/mol. The van der Waals surface area contributed by atoms with Gasteiger partial charge in [-0.1, -0.05) is 51.2 Å². The van der Waals surface area contributed by atoms with Crippen LogP contribution < -0.4 is 0 Å². The predicted molar refractivity (Wildman–Crippen MR) is 67.2 cm³/mol. The molecule has 1 aromatic rings. The minimum absolute atomic E-state index is 0.861. The first-order valence-electron chi connectivity index (χ1n) is 6.53. The Hall–Kier alpha value is -0.860. The molecule has 0 N–H and O–H groups in total. The van der Waals surface area contributed by atoms with Gasteiger partial charge in [-0.15, -0.1) is 5.10 Å². The van der Waals surface area contributed by atoms with Gasteiger partial charge in [0.2, 0.25) is 0 Å². The van der Waals surface area contributed by atoms with Crippen LogP contribution >= 0.6 is 0 Å². The second-order valence-electron chi connectivity index (χ2n) is 5.08. The van der Waals surface area contributed by atoms with E-state index in [1.807, 2.05) is 13.2 Å². The predicted octanol–water partition coefficient (Wildman–Crippen LogP) is 3.35. The van der Waals surface area contributed by atoms with Crippen molar-refractivity contribution in [3.8, 4) is 0 Å². The zero-order chi connectivity index (χ0) is 11.8. The summed E-state index contributed by atoms with van der Waals surface area (Å²) in [5.74, 6) is 0.861. The summed E-state index contributed by atoms with van der Waals surface area (Å²) >= 11 is 0. The van der Waals surface area contributed by atoms with Crippen LogP contribution in [0.25, 0.3) is 0 Å². The van der Waals surface area contributed by atoms with Crippen LogP contribution in [-0.2, 0) is 13.5 Å². The van der Waals surface area contributed by atoms with E-state index >= 15 is 0 Å². The Balaban J connectivity index is 1.92. The summed E-state index contributed by atoms with van der Waals surface area (Å²) in [6.45, 7) is 4.60. The third-order valence-electron chi connectivity index (χ3n) is 2.86. The summed E-state index contributed by atoms with van der Waals surface area (Å²) in [6.07, 6.45) is 11.2. The number of rotatable bonds is 8. The van der Waals surface area contributed by atoms with Crippen LogP contribution in [0.2, 0.25) is 0 Å². The van der Waals surface area contributed by atoms with Crippen LogP contribution in [0.15, 0.2) is 6.20 Å². The number of hydrogen-bond donors (Lipinski definition) is 0. The summed E-state index contributed by atoms with van der Waals surface area (Å²) in [4.78, 5) is 0. The molecule has 0 atom stereocenters. The van der Waals surface area contributed by atoms with Crippen LogP contribution in [-0.4, -0.2) is 15.0 Å². The van der Waals surface area contributed by atoms with Crippen molar-refractivity contribution in [2.24, 2.45) is 13.0 Å². The maximum absolute atomic E-state index is 4.09. The lowest BCUT2D eigenvalue weighted by Crippen LogP contribution is -1.89. The quantitative estimate of drug-likeness (QED) is 0.633. The first kappa shape index (κ1) is 13.2. The van der Waals surface area contributed by atoms with Crippen molar-refractivity contribution >= 4 is 0 Å². The fourth-order valence-electron chi connectivity index (χ4n) is 1.90. The molecule has 0 aliphatic rings. The van der Waals surface area contributed by atoms with Crippen molar-refractivity contribution < 1.29 is 0 Å². The topological polar surface area (TPSA) is 30.7 Å². The van der Waals surface area contributed by atoms with E-state index in [0.717, 1.165) is 18.0 Å². The molecule has 0 saturated heterocycles. The first-order chi connectivity index (χ1) is 7.68. The number of aryl methyl sites for hydroxylation is 2. The van der Waals surface area contributed by atoms with Crippen LogP contribution in [0.1, 0.15) is 58.1 Å². The van der Waals surface area contributed by atoms with Crippen LogP contribution in [0, 0.1) is 5.92 Å². The molecular formula is C13H25N3. The Morgan fingerprint density at radius 3 is 2.44 bits per heavy atom. The lowest BCUT2D eigenvalue weighted by atomic mass is 10.0. The molecule has 0 bridgehead atoms. The van der Waals surface area contributed by atoms with Crippen LogP contribution in [0.5, 0.6) is 0 Å². The second kappa shape index (κ2) is 7.42. The first-order valence-corrected chi connectivity index (χ1v) is 6.53. The molecule has 3 heteroatoms. The van der Waals surface area contributed by atoms with Crippen LogP contribution in [0.3, 0.4) is 0 Å². The summed E-state index contributed by atoms with van der Waals surface area (Å²) in [6, 6.07) is 0. The molecule has 0 spiro atoms. The Morgan fingerprint density at radius 1 is 1.12 bits per heavy atom.